The van der Waals surface area contributed by atoms with Gasteiger partial charge in [-0.3, -0.25) is 9.36 Å². The molecule has 0 amide bonds. The van der Waals surface area contributed by atoms with Crippen LogP contribution in [0.2, 0.25) is 0 Å². The summed E-state index contributed by atoms with van der Waals surface area (Å²) < 4.78 is 12.4. The standard InChI is InChI=1S/C20H26N4O3S2/c1-20(2,3)18-21-14(27-23-18)11-28-19-22-16-15(12-7-5-8-13(12)29-16)17(25)24(19)9-6-10-26-4/h5-11H2,1-4H3. The van der Waals surface area contributed by atoms with Crippen molar-refractivity contribution in [3.63, 3.8) is 0 Å². The molecule has 0 bridgehead atoms. The fourth-order valence-electron chi connectivity index (χ4n) is 3.48. The SMILES string of the molecule is COCCCn1c(SCc2nc(C(C)(C)C)no2)nc2sc3c(c2c1=O)CCC3. The predicted molar refractivity (Wildman–Crippen MR) is 115 cm³/mol. The molecule has 0 aromatic carbocycles. The Kier molecular flexibility index (Phi) is 5.81. The van der Waals surface area contributed by atoms with E-state index < -0.39 is 0 Å². The lowest BCUT2D eigenvalue weighted by Gasteiger charge is -2.12. The first-order valence-electron chi connectivity index (χ1n) is 9.88. The van der Waals surface area contributed by atoms with E-state index in [0.29, 0.717) is 35.8 Å². The molecule has 0 unspecified atom stereocenters. The van der Waals surface area contributed by atoms with Gasteiger partial charge in [-0.25, -0.2) is 4.98 Å². The van der Waals surface area contributed by atoms with Gasteiger partial charge in [0.15, 0.2) is 11.0 Å². The van der Waals surface area contributed by atoms with Crippen molar-refractivity contribution in [3.8, 4) is 0 Å². The van der Waals surface area contributed by atoms with E-state index in [4.69, 9.17) is 14.2 Å². The molecule has 9 heteroatoms. The highest BCUT2D eigenvalue weighted by Gasteiger charge is 2.24. The number of hydrogen-bond donors (Lipinski definition) is 0. The Labute approximate surface area is 177 Å². The number of methoxy groups -OCH3 is 1. The molecule has 0 radical (unpaired) electrons. The molecule has 3 aromatic heterocycles. The highest BCUT2D eigenvalue weighted by molar-refractivity contribution is 7.98. The lowest BCUT2D eigenvalue weighted by Crippen LogP contribution is -2.24. The molecule has 4 rings (SSSR count). The fourth-order valence-corrected chi connectivity index (χ4v) is 5.64. The van der Waals surface area contributed by atoms with Crippen molar-refractivity contribution < 1.29 is 9.26 Å². The highest BCUT2D eigenvalue weighted by atomic mass is 32.2. The Balaban J connectivity index is 1.65. The summed E-state index contributed by atoms with van der Waals surface area (Å²) in [7, 11) is 1.67. The third-order valence-electron chi connectivity index (χ3n) is 4.98. The summed E-state index contributed by atoms with van der Waals surface area (Å²) >= 11 is 3.14. The number of rotatable bonds is 7. The second-order valence-electron chi connectivity index (χ2n) is 8.29. The van der Waals surface area contributed by atoms with Gasteiger partial charge in [0.1, 0.15) is 4.83 Å². The smallest absolute Gasteiger partial charge is 0.263 e. The van der Waals surface area contributed by atoms with Gasteiger partial charge in [-0.1, -0.05) is 37.7 Å². The first kappa shape index (κ1) is 20.6. The molecule has 0 saturated heterocycles. The Morgan fingerprint density at radius 2 is 2.10 bits per heavy atom. The third-order valence-corrected chi connectivity index (χ3v) is 7.13. The zero-order valence-electron chi connectivity index (χ0n) is 17.3. The van der Waals surface area contributed by atoms with Gasteiger partial charge in [-0.2, -0.15) is 4.98 Å². The highest BCUT2D eigenvalue weighted by Crippen LogP contribution is 2.36. The van der Waals surface area contributed by atoms with Gasteiger partial charge in [0.2, 0.25) is 5.89 Å². The van der Waals surface area contributed by atoms with Crippen molar-refractivity contribution in [2.75, 3.05) is 13.7 Å². The van der Waals surface area contributed by atoms with E-state index >= 15 is 0 Å². The van der Waals surface area contributed by atoms with Gasteiger partial charge >= 0.3 is 0 Å². The van der Waals surface area contributed by atoms with Crippen molar-refractivity contribution >= 4 is 33.3 Å². The molecule has 1 aliphatic rings. The number of thiophene rings is 1. The van der Waals surface area contributed by atoms with Crippen LogP contribution in [-0.4, -0.2) is 33.4 Å². The number of aromatic nitrogens is 4. The monoisotopic (exact) mass is 434 g/mol. The molecule has 0 atom stereocenters. The van der Waals surface area contributed by atoms with Gasteiger partial charge < -0.3 is 9.26 Å². The number of ether oxygens (including phenoxy) is 1. The van der Waals surface area contributed by atoms with E-state index in [2.05, 4.69) is 10.1 Å². The molecule has 7 nitrogen and oxygen atoms in total. The first-order chi connectivity index (χ1) is 13.9. The summed E-state index contributed by atoms with van der Waals surface area (Å²) in [5.41, 5.74) is 1.11. The Hall–Kier alpha value is -1.71. The quantitative estimate of drug-likeness (QED) is 0.316. The van der Waals surface area contributed by atoms with E-state index in [-0.39, 0.29) is 11.0 Å². The zero-order chi connectivity index (χ0) is 20.6. The van der Waals surface area contributed by atoms with Crippen LogP contribution in [0, 0.1) is 0 Å². The maximum absolute atomic E-state index is 13.3. The van der Waals surface area contributed by atoms with Crippen LogP contribution in [0.15, 0.2) is 14.5 Å². The van der Waals surface area contributed by atoms with Crippen LogP contribution < -0.4 is 5.56 Å². The van der Waals surface area contributed by atoms with Crippen LogP contribution in [-0.2, 0) is 35.3 Å². The number of fused-ring (bicyclic) bond motifs is 3. The molecule has 0 spiro atoms. The molecule has 0 N–H and O–H groups in total. The predicted octanol–water partition coefficient (Wildman–Crippen LogP) is 3.96. The molecule has 3 heterocycles. The summed E-state index contributed by atoms with van der Waals surface area (Å²) in [5, 5.41) is 5.60. The number of aryl methyl sites for hydroxylation is 2. The van der Waals surface area contributed by atoms with Gasteiger partial charge in [0.25, 0.3) is 5.56 Å². The first-order valence-corrected chi connectivity index (χ1v) is 11.7. The summed E-state index contributed by atoms with van der Waals surface area (Å²) in [5.74, 6) is 1.71. The van der Waals surface area contributed by atoms with Gasteiger partial charge in [-0.05, 0) is 31.2 Å². The minimum atomic E-state index is -0.163. The van der Waals surface area contributed by atoms with Crippen LogP contribution in [0.3, 0.4) is 0 Å². The van der Waals surface area contributed by atoms with Crippen molar-refractivity contribution in [1.29, 1.82) is 0 Å². The normalized spacial score (nSPS) is 14.1. The minimum Gasteiger partial charge on any atom is -0.385 e. The van der Waals surface area contributed by atoms with E-state index in [1.54, 1.807) is 23.0 Å². The largest absolute Gasteiger partial charge is 0.385 e. The average molecular weight is 435 g/mol. The second-order valence-corrected chi connectivity index (χ2v) is 10.3. The van der Waals surface area contributed by atoms with Crippen LogP contribution >= 0.6 is 23.1 Å². The van der Waals surface area contributed by atoms with Crippen LogP contribution in [0.4, 0.5) is 0 Å². The molecular weight excluding hydrogens is 408 g/mol. The summed E-state index contributed by atoms with van der Waals surface area (Å²) in [4.78, 5) is 24.9. The number of thioether (sulfide) groups is 1. The third kappa shape index (κ3) is 4.13. The maximum atomic E-state index is 13.3. The molecular formula is C20H26N4O3S2. The van der Waals surface area contributed by atoms with Crippen LogP contribution in [0.1, 0.15) is 55.8 Å². The number of hydrogen-bond acceptors (Lipinski definition) is 8. The average Bonchev–Trinajstić information content (AvgIpc) is 3.36. The van der Waals surface area contributed by atoms with Crippen molar-refractivity contribution in [3.05, 3.63) is 32.5 Å². The van der Waals surface area contributed by atoms with E-state index in [0.717, 1.165) is 35.9 Å². The molecule has 3 aromatic rings. The Morgan fingerprint density at radius 3 is 2.83 bits per heavy atom. The number of nitrogens with zero attached hydrogens (tertiary/aromatic N) is 4. The van der Waals surface area contributed by atoms with E-state index in [1.807, 2.05) is 20.8 Å². The summed E-state index contributed by atoms with van der Waals surface area (Å²) in [6.07, 6.45) is 3.93. The molecule has 0 fully saturated rings. The maximum Gasteiger partial charge on any atom is 0.263 e. The van der Waals surface area contributed by atoms with Gasteiger partial charge in [-0.15, -0.1) is 11.3 Å². The molecule has 1 aliphatic carbocycles. The fraction of sp³-hybridized carbons (Fsp3) is 0.600. The lowest BCUT2D eigenvalue weighted by atomic mass is 9.96. The second kappa shape index (κ2) is 8.20. The van der Waals surface area contributed by atoms with Crippen LogP contribution in [0.25, 0.3) is 10.2 Å². The Morgan fingerprint density at radius 1 is 1.28 bits per heavy atom. The summed E-state index contributed by atoms with van der Waals surface area (Å²) in [6.45, 7) is 7.34. The van der Waals surface area contributed by atoms with Gasteiger partial charge in [0, 0.05) is 30.6 Å². The zero-order valence-corrected chi connectivity index (χ0v) is 18.9. The van der Waals surface area contributed by atoms with Gasteiger partial charge in [0.05, 0.1) is 11.1 Å². The molecule has 0 saturated carbocycles. The van der Waals surface area contributed by atoms with Crippen LogP contribution in [0.5, 0.6) is 0 Å². The lowest BCUT2D eigenvalue weighted by molar-refractivity contribution is 0.189. The van der Waals surface area contributed by atoms with Crippen molar-refractivity contribution in [2.45, 2.75) is 69.3 Å². The Bertz CT molecular complexity index is 1080. The van der Waals surface area contributed by atoms with Crippen molar-refractivity contribution in [2.24, 2.45) is 0 Å². The topological polar surface area (TPSA) is 83.0 Å². The van der Waals surface area contributed by atoms with E-state index in [9.17, 15) is 4.79 Å². The summed E-state index contributed by atoms with van der Waals surface area (Å²) in [6, 6.07) is 0. The molecule has 29 heavy (non-hydrogen) atoms. The molecule has 156 valence electrons. The van der Waals surface area contributed by atoms with Crippen molar-refractivity contribution in [1.82, 2.24) is 19.7 Å². The minimum absolute atomic E-state index is 0.0638. The molecule has 0 aliphatic heterocycles. The van der Waals surface area contributed by atoms with E-state index in [1.165, 1.54) is 22.2 Å².